The van der Waals surface area contributed by atoms with Crippen LogP contribution in [0.15, 0.2) is 41.9 Å². The molecule has 2 rings (SSSR count). The van der Waals surface area contributed by atoms with Crippen molar-refractivity contribution in [1.82, 2.24) is 0 Å². The van der Waals surface area contributed by atoms with E-state index >= 15 is 0 Å². The van der Waals surface area contributed by atoms with Gasteiger partial charge in [0.1, 0.15) is 4.88 Å². The van der Waals surface area contributed by atoms with E-state index in [1.165, 1.54) is 11.3 Å². The molecule has 0 amide bonds. The van der Waals surface area contributed by atoms with E-state index in [2.05, 4.69) is 4.98 Å². The Balaban J connectivity index is 0.00000112. The Labute approximate surface area is 97.1 Å². The number of esters is 1. The van der Waals surface area contributed by atoms with Gasteiger partial charge in [0.2, 0.25) is 0 Å². The molecule has 15 heavy (non-hydrogen) atoms. The van der Waals surface area contributed by atoms with Crippen LogP contribution in [0, 0.1) is 0 Å². The molecule has 0 aliphatic rings. The van der Waals surface area contributed by atoms with Crippen LogP contribution in [0.5, 0.6) is 5.88 Å². The molecule has 0 saturated carbocycles. The van der Waals surface area contributed by atoms with Crippen LogP contribution >= 0.6 is 11.3 Å². The number of thiophene rings is 1. The molecule has 0 aromatic carbocycles. The number of hydrogen-bond donors (Lipinski definition) is 0. The molecule has 1 N–H and O–H groups in total. The van der Waals surface area contributed by atoms with Crippen LogP contribution in [-0.4, -0.2) is 5.97 Å². The van der Waals surface area contributed by atoms with Crippen molar-refractivity contribution in [3.63, 3.8) is 0 Å². The molecule has 78 valence electrons. The van der Waals surface area contributed by atoms with Gasteiger partial charge in [-0.15, -0.1) is 11.3 Å². The Bertz CT molecular complexity index is 416. The van der Waals surface area contributed by atoms with Gasteiger partial charge in [-0.05, 0) is 17.5 Å². The van der Waals surface area contributed by atoms with Crippen LogP contribution in [0.4, 0.5) is 0 Å². The summed E-state index contributed by atoms with van der Waals surface area (Å²) in [6.07, 6.45) is 1.71. The Morgan fingerprint density at radius 3 is 2.73 bits per heavy atom. The van der Waals surface area contributed by atoms with E-state index in [0.29, 0.717) is 10.8 Å². The number of aromatic nitrogens is 1. The first-order chi connectivity index (χ1) is 6.86. The Kier molecular flexibility index (Phi) is 4.27. The van der Waals surface area contributed by atoms with E-state index in [9.17, 15) is 4.79 Å². The lowest BCUT2D eigenvalue weighted by Gasteiger charge is -1.94. The molecule has 0 bridgehead atoms. The molecule has 0 radical (unpaired) electrons. The maximum Gasteiger partial charge on any atom is 0.374 e. The lowest BCUT2D eigenvalue weighted by atomic mass is 10.4. The molecule has 5 heteroatoms. The number of hydrogen-bond acceptors (Lipinski definition) is 3. The molecule has 0 atom stereocenters. The maximum atomic E-state index is 11.4. The summed E-state index contributed by atoms with van der Waals surface area (Å²) >= 11 is 1.36. The van der Waals surface area contributed by atoms with E-state index in [1.54, 1.807) is 24.4 Å². The first-order valence-electron chi connectivity index (χ1n) is 4.08. The predicted octanol–water partition coefficient (Wildman–Crippen LogP) is -1.21. The number of nitrogens with one attached hydrogen (secondary N) is 1. The fraction of sp³-hybridized carbons (Fsp3) is 0. The van der Waals surface area contributed by atoms with E-state index in [4.69, 9.17) is 4.74 Å². The standard InChI is InChI=1S/C10H7NO2S.ClH/c12-10(8-4-3-7-14-8)13-9-5-1-2-6-11-9;/h1-7H;1H. The van der Waals surface area contributed by atoms with Gasteiger partial charge >= 0.3 is 11.8 Å². The Morgan fingerprint density at radius 2 is 2.13 bits per heavy atom. The summed E-state index contributed by atoms with van der Waals surface area (Å²) in [7, 11) is 0. The second kappa shape index (κ2) is 5.48. The minimum atomic E-state index is -0.331. The number of pyridine rings is 1. The second-order valence-corrected chi connectivity index (χ2v) is 3.54. The summed E-state index contributed by atoms with van der Waals surface area (Å²) in [4.78, 5) is 14.9. The highest BCUT2D eigenvalue weighted by Gasteiger charge is 2.11. The van der Waals surface area contributed by atoms with E-state index in [1.807, 2.05) is 17.5 Å². The smallest absolute Gasteiger partial charge is 0.374 e. The van der Waals surface area contributed by atoms with Gasteiger partial charge in [-0.2, -0.15) is 4.98 Å². The zero-order chi connectivity index (χ0) is 9.80. The predicted molar refractivity (Wildman–Crippen MR) is 52.3 cm³/mol. The topological polar surface area (TPSA) is 40.4 Å². The molecule has 0 spiro atoms. The lowest BCUT2D eigenvalue weighted by molar-refractivity contribution is -0.390. The average Bonchev–Trinajstić information content (AvgIpc) is 2.72. The first kappa shape index (κ1) is 11.7. The third-order valence-corrected chi connectivity index (χ3v) is 2.46. The minimum absolute atomic E-state index is 0. The van der Waals surface area contributed by atoms with Gasteiger partial charge in [-0.1, -0.05) is 6.07 Å². The summed E-state index contributed by atoms with van der Waals surface area (Å²) in [5, 5.41) is 1.84. The molecule has 3 nitrogen and oxygen atoms in total. The van der Waals surface area contributed by atoms with Crippen molar-refractivity contribution < 1.29 is 26.9 Å². The molecule has 2 aromatic heterocycles. The van der Waals surface area contributed by atoms with E-state index in [0.717, 1.165) is 0 Å². The monoisotopic (exact) mass is 241 g/mol. The number of halogens is 1. The first-order valence-corrected chi connectivity index (χ1v) is 4.96. The maximum absolute atomic E-state index is 11.4. The highest BCUT2D eigenvalue weighted by atomic mass is 35.5. The van der Waals surface area contributed by atoms with Crippen LogP contribution in [-0.2, 0) is 0 Å². The molecule has 2 heterocycles. The van der Waals surface area contributed by atoms with Gasteiger partial charge < -0.3 is 17.1 Å². The van der Waals surface area contributed by atoms with Crippen molar-refractivity contribution in [3.05, 3.63) is 46.8 Å². The van der Waals surface area contributed by atoms with Crippen molar-refractivity contribution in [2.75, 3.05) is 0 Å². The fourth-order valence-electron chi connectivity index (χ4n) is 0.985. The van der Waals surface area contributed by atoms with Gasteiger partial charge in [0, 0.05) is 6.07 Å². The molecule has 0 aliphatic carbocycles. The summed E-state index contributed by atoms with van der Waals surface area (Å²) in [6, 6.07) is 8.87. The van der Waals surface area contributed by atoms with Crippen LogP contribution in [0.1, 0.15) is 9.67 Å². The number of rotatable bonds is 2. The number of carbonyl (C=O) groups excluding carboxylic acids is 1. The van der Waals surface area contributed by atoms with Crippen molar-refractivity contribution >= 4 is 17.3 Å². The van der Waals surface area contributed by atoms with Crippen molar-refractivity contribution in [1.29, 1.82) is 0 Å². The largest absolute Gasteiger partial charge is 1.00 e. The summed E-state index contributed by atoms with van der Waals surface area (Å²) in [6.45, 7) is 0. The highest BCUT2D eigenvalue weighted by Crippen LogP contribution is 2.11. The molecular formula is C10H8ClNO2S. The van der Waals surface area contributed by atoms with E-state index < -0.39 is 0 Å². The van der Waals surface area contributed by atoms with Gasteiger partial charge in [-0.3, -0.25) is 0 Å². The lowest BCUT2D eigenvalue weighted by Crippen LogP contribution is -3.00. The van der Waals surface area contributed by atoms with Crippen molar-refractivity contribution in [2.45, 2.75) is 0 Å². The fourth-order valence-corrected chi connectivity index (χ4v) is 1.58. The number of aromatic amines is 1. The Morgan fingerprint density at radius 1 is 1.27 bits per heavy atom. The third-order valence-electron chi connectivity index (χ3n) is 1.61. The average molecular weight is 242 g/mol. The number of H-pyrrole nitrogens is 1. The van der Waals surface area contributed by atoms with E-state index in [-0.39, 0.29) is 18.4 Å². The normalized spacial score (nSPS) is 9.07. The van der Waals surface area contributed by atoms with Crippen LogP contribution in [0.2, 0.25) is 0 Å². The quantitative estimate of drug-likeness (QED) is 0.619. The Hall–Kier alpha value is -1.39. The number of ether oxygens (including phenoxy) is 1. The van der Waals surface area contributed by atoms with Gasteiger partial charge in [0.05, 0.1) is 6.07 Å². The van der Waals surface area contributed by atoms with Gasteiger partial charge in [0.15, 0.2) is 6.20 Å². The van der Waals surface area contributed by atoms with Gasteiger partial charge in [-0.25, -0.2) is 4.79 Å². The van der Waals surface area contributed by atoms with Crippen LogP contribution in [0.25, 0.3) is 0 Å². The van der Waals surface area contributed by atoms with Gasteiger partial charge in [0.25, 0.3) is 0 Å². The zero-order valence-electron chi connectivity index (χ0n) is 7.64. The molecular weight excluding hydrogens is 234 g/mol. The minimum Gasteiger partial charge on any atom is -1.00 e. The second-order valence-electron chi connectivity index (χ2n) is 2.59. The zero-order valence-corrected chi connectivity index (χ0v) is 9.22. The molecule has 2 aromatic rings. The molecule has 0 fully saturated rings. The third kappa shape index (κ3) is 3.04. The summed E-state index contributed by atoms with van der Waals surface area (Å²) < 4.78 is 5.07. The summed E-state index contributed by atoms with van der Waals surface area (Å²) in [5.41, 5.74) is 0. The number of carbonyl (C=O) groups is 1. The molecule has 0 unspecified atom stereocenters. The molecule has 0 aliphatic heterocycles. The van der Waals surface area contributed by atoms with Crippen LogP contribution < -0.4 is 22.1 Å². The highest BCUT2D eigenvalue weighted by molar-refractivity contribution is 7.12. The summed E-state index contributed by atoms with van der Waals surface area (Å²) in [5.74, 6) is 0.119. The SMILES string of the molecule is O=C(Oc1cccc[nH+]1)c1cccs1.[Cl-]. The molecule has 0 saturated heterocycles. The van der Waals surface area contributed by atoms with Crippen molar-refractivity contribution in [3.8, 4) is 5.88 Å². The van der Waals surface area contributed by atoms with Crippen molar-refractivity contribution in [2.24, 2.45) is 0 Å². The van der Waals surface area contributed by atoms with Crippen LogP contribution in [0.3, 0.4) is 0 Å².